The molecule has 1 rings (SSSR count). The summed E-state index contributed by atoms with van der Waals surface area (Å²) in [7, 11) is 0. The molecule has 0 saturated carbocycles. The van der Waals surface area contributed by atoms with Gasteiger partial charge in [-0.2, -0.15) is 0 Å². The van der Waals surface area contributed by atoms with Crippen molar-refractivity contribution in [2.24, 2.45) is 5.92 Å². The molecule has 0 fully saturated rings. The van der Waals surface area contributed by atoms with Crippen LogP contribution < -0.4 is 4.74 Å². The molecule has 1 aromatic rings. The van der Waals surface area contributed by atoms with Crippen LogP contribution in [-0.4, -0.2) is 22.6 Å². The molecule has 0 aliphatic heterocycles. The maximum atomic E-state index is 11.0. The molecule has 0 aliphatic carbocycles. The van der Waals surface area contributed by atoms with Crippen LogP contribution in [0.4, 0.5) is 5.69 Å². The van der Waals surface area contributed by atoms with Crippen LogP contribution >= 0.6 is 0 Å². The molecule has 0 spiro atoms. The molecule has 6 nitrogen and oxygen atoms in total. The van der Waals surface area contributed by atoms with Gasteiger partial charge >= 0.3 is 11.7 Å². The molecular weight excluding hydrogens is 274 g/mol. The van der Waals surface area contributed by atoms with Gasteiger partial charge in [0.1, 0.15) is 0 Å². The monoisotopic (exact) mass is 293 g/mol. The Morgan fingerprint density at radius 2 is 2.24 bits per heavy atom. The van der Waals surface area contributed by atoms with Crippen molar-refractivity contribution in [3.05, 3.63) is 40.0 Å². The van der Waals surface area contributed by atoms with Crippen molar-refractivity contribution in [3.63, 3.8) is 0 Å². The number of ether oxygens (including phenoxy) is 1. The second-order valence-corrected chi connectivity index (χ2v) is 4.86. The lowest BCUT2D eigenvalue weighted by Crippen LogP contribution is -2.09. The van der Waals surface area contributed by atoms with Gasteiger partial charge in [0.25, 0.3) is 0 Å². The molecule has 0 amide bonds. The van der Waals surface area contributed by atoms with E-state index >= 15 is 0 Å². The summed E-state index contributed by atoms with van der Waals surface area (Å²) in [6.45, 7) is 4.47. The van der Waals surface area contributed by atoms with Crippen molar-refractivity contribution in [3.8, 4) is 5.75 Å². The first-order chi connectivity index (χ1) is 9.93. The molecule has 0 aliphatic rings. The number of benzene rings is 1. The lowest BCUT2D eigenvalue weighted by Gasteiger charge is -2.12. The third-order valence-electron chi connectivity index (χ3n) is 2.90. The zero-order valence-electron chi connectivity index (χ0n) is 12.1. The molecule has 0 aromatic heterocycles. The SMILES string of the molecule is CCCC(C)COc1cc(C=CC(=O)O)ccc1[N+](=O)[O-]. The summed E-state index contributed by atoms with van der Waals surface area (Å²) >= 11 is 0. The molecule has 1 unspecified atom stereocenters. The van der Waals surface area contributed by atoms with E-state index in [0.29, 0.717) is 18.1 Å². The molecule has 114 valence electrons. The summed E-state index contributed by atoms with van der Waals surface area (Å²) in [6, 6.07) is 4.29. The Morgan fingerprint density at radius 1 is 1.52 bits per heavy atom. The Labute approximate surface area is 123 Å². The molecule has 0 radical (unpaired) electrons. The Bertz CT molecular complexity index is 539. The number of nitro benzene ring substituents is 1. The van der Waals surface area contributed by atoms with Crippen LogP contribution in [-0.2, 0) is 4.79 Å². The average Bonchev–Trinajstić information content (AvgIpc) is 2.43. The quantitative estimate of drug-likeness (QED) is 0.450. The van der Waals surface area contributed by atoms with Crippen molar-refractivity contribution in [1.82, 2.24) is 0 Å². The number of nitro groups is 1. The number of aliphatic carboxylic acids is 1. The van der Waals surface area contributed by atoms with Gasteiger partial charge in [0.15, 0.2) is 5.75 Å². The zero-order valence-corrected chi connectivity index (χ0v) is 12.1. The van der Waals surface area contributed by atoms with E-state index in [0.717, 1.165) is 18.9 Å². The molecule has 1 atom stereocenters. The highest BCUT2D eigenvalue weighted by Crippen LogP contribution is 2.29. The Morgan fingerprint density at radius 3 is 2.81 bits per heavy atom. The molecule has 1 N–H and O–H groups in total. The maximum absolute atomic E-state index is 11.0. The van der Waals surface area contributed by atoms with Gasteiger partial charge in [-0.1, -0.05) is 20.3 Å². The fraction of sp³-hybridized carbons (Fsp3) is 0.400. The molecule has 21 heavy (non-hydrogen) atoms. The molecule has 1 aromatic carbocycles. The third kappa shape index (κ3) is 5.64. The van der Waals surface area contributed by atoms with Gasteiger partial charge in [-0.3, -0.25) is 10.1 Å². The van der Waals surface area contributed by atoms with Crippen molar-refractivity contribution in [1.29, 1.82) is 0 Å². The fourth-order valence-electron chi connectivity index (χ4n) is 1.88. The summed E-state index contributed by atoms with van der Waals surface area (Å²) in [6.07, 6.45) is 4.35. The van der Waals surface area contributed by atoms with E-state index in [9.17, 15) is 14.9 Å². The van der Waals surface area contributed by atoms with Crippen molar-refractivity contribution >= 4 is 17.7 Å². The molecule has 0 saturated heterocycles. The van der Waals surface area contributed by atoms with E-state index in [1.807, 2.05) is 6.92 Å². The smallest absolute Gasteiger partial charge is 0.328 e. The number of rotatable bonds is 8. The summed E-state index contributed by atoms with van der Waals surface area (Å²) < 4.78 is 5.54. The van der Waals surface area contributed by atoms with Crippen LogP contribution in [0, 0.1) is 16.0 Å². The average molecular weight is 293 g/mol. The predicted octanol–water partition coefficient (Wildman–Crippen LogP) is 3.51. The lowest BCUT2D eigenvalue weighted by molar-refractivity contribution is -0.385. The Kier molecular flexibility index (Phi) is 6.39. The van der Waals surface area contributed by atoms with Crippen LogP contribution in [0.1, 0.15) is 32.3 Å². The van der Waals surface area contributed by atoms with Gasteiger partial charge in [0.2, 0.25) is 0 Å². The first-order valence-electron chi connectivity index (χ1n) is 6.76. The minimum atomic E-state index is -1.08. The summed E-state index contributed by atoms with van der Waals surface area (Å²) in [5, 5.41) is 19.6. The van der Waals surface area contributed by atoms with Gasteiger partial charge in [-0.15, -0.1) is 0 Å². The van der Waals surface area contributed by atoms with Gasteiger partial charge in [0.05, 0.1) is 11.5 Å². The van der Waals surface area contributed by atoms with Crippen LogP contribution in [0.3, 0.4) is 0 Å². The Balaban J connectivity index is 2.93. The van der Waals surface area contributed by atoms with Crippen molar-refractivity contribution < 1.29 is 19.6 Å². The normalized spacial score (nSPS) is 12.3. The molecule has 6 heteroatoms. The highest BCUT2D eigenvalue weighted by molar-refractivity contribution is 5.85. The number of carboxylic acid groups (broad SMARTS) is 1. The molecule has 0 heterocycles. The first-order valence-corrected chi connectivity index (χ1v) is 6.76. The second kappa shape index (κ2) is 8.04. The van der Waals surface area contributed by atoms with Gasteiger partial charge < -0.3 is 9.84 Å². The maximum Gasteiger partial charge on any atom is 0.328 e. The van der Waals surface area contributed by atoms with E-state index in [2.05, 4.69) is 6.92 Å². The fourth-order valence-corrected chi connectivity index (χ4v) is 1.88. The third-order valence-corrected chi connectivity index (χ3v) is 2.90. The zero-order chi connectivity index (χ0) is 15.8. The van der Waals surface area contributed by atoms with Gasteiger partial charge in [-0.05, 0) is 36.1 Å². The largest absolute Gasteiger partial charge is 0.487 e. The van der Waals surface area contributed by atoms with Crippen LogP contribution in [0.15, 0.2) is 24.3 Å². The van der Waals surface area contributed by atoms with Crippen LogP contribution in [0.2, 0.25) is 0 Å². The number of hydrogen-bond acceptors (Lipinski definition) is 4. The second-order valence-electron chi connectivity index (χ2n) is 4.86. The lowest BCUT2D eigenvalue weighted by atomic mass is 10.1. The Hall–Kier alpha value is -2.37. The molecular formula is C15H19NO5. The molecule has 0 bridgehead atoms. The van der Waals surface area contributed by atoms with Gasteiger partial charge in [-0.25, -0.2) is 4.79 Å². The summed E-state index contributed by atoms with van der Waals surface area (Å²) in [5.41, 5.74) is 0.423. The van der Waals surface area contributed by atoms with E-state index in [1.165, 1.54) is 24.3 Å². The van der Waals surface area contributed by atoms with E-state index in [-0.39, 0.29) is 11.4 Å². The highest BCUT2D eigenvalue weighted by atomic mass is 16.6. The summed E-state index contributed by atoms with van der Waals surface area (Å²) in [5.74, 6) is -0.615. The van der Waals surface area contributed by atoms with Crippen molar-refractivity contribution in [2.45, 2.75) is 26.7 Å². The van der Waals surface area contributed by atoms with Gasteiger partial charge in [0, 0.05) is 12.1 Å². The summed E-state index contributed by atoms with van der Waals surface area (Å²) in [4.78, 5) is 21.0. The standard InChI is InChI=1S/C15H19NO5/c1-3-4-11(2)10-21-14-9-12(6-8-15(17)18)5-7-13(14)16(19)20/h5-9,11H,3-4,10H2,1-2H3,(H,17,18). The van der Waals surface area contributed by atoms with Crippen LogP contribution in [0.5, 0.6) is 5.75 Å². The van der Waals surface area contributed by atoms with Crippen LogP contribution in [0.25, 0.3) is 6.08 Å². The topological polar surface area (TPSA) is 89.7 Å². The predicted molar refractivity (Wildman–Crippen MR) is 79.3 cm³/mol. The first kappa shape index (κ1) is 16.7. The number of nitrogens with zero attached hydrogens (tertiary/aromatic N) is 1. The minimum absolute atomic E-state index is 0.119. The minimum Gasteiger partial charge on any atom is -0.487 e. The number of carbonyl (C=O) groups is 1. The highest BCUT2D eigenvalue weighted by Gasteiger charge is 2.16. The number of hydrogen-bond donors (Lipinski definition) is 1. The van der Waals surface area contributed by atoms with E-state index in [1.54, 1.807) is 0 Å². The number of carboxylic acids is 1. The van der Waals surface area contributed by atoms with E-state index in [4.69, 9.17) is 9.84 Å². The van der Waals surface area contributed by atoms with E-state index < -0.39 is 10.9 Å². The van der Waals surface area contributed by atoms with Crippen molar-refractivity contribution in [2.75, 3.05) is 6.61 Å².